The molecule has 0 radical (unpaired) electrons. The summed E-state index contributed by atoms with van der Waals surface area (Å²) in [5.74, 6) is -0.188. The average molecular weight is 924 g/mol. The van der Waals surface area contributed by atoms with Crippen molar-refractivity contribution in [3.05, 3.63) is 36.5 Å². The van der Waals surface area contributed by atoms with Crippen molar-refractivity contribution in [1.82, 2.24) is 5.32 Å². The van der Waals surface area contributed by atoms with Crippen molar-refractivity contribution in [2.75, 3.05) is 40.9 Å². The van der Waals surface area contributed by atoms with Crippen molar-refractivity contribution in [3.8, 4) is 0 Å². The van der Waals surface area contributed by atoms with Crippen LogP contribution in [0.25, 0.3) is 0 Å². The second-order valence-corrected chi connectivity index (χ2v) is 21.4. The maximum atomic E-state index is 12.9. The second-order valence-electron chi connectivity index (χ2n) is 19.9. The number of hydrogen-bond acceptors (Lipinski definition) is 5. The molecule has 0 fully saturated rings. The molecule has 0 aromatic heterocycles. The summed E-state index contributed by atoms with van der Waals surface area (Å²) < 4.78 is 23.6. The van der Waals surface area contributed by atoms with E-state index in [1.165, 1.54) is 193 Å². The molecule has 3 N–H and O–H groups in total. The minimum absolute atomic E-state index is 0.0550. The molecule has 1 amide bonds. The molecule has 0 aliphatic rings. The summed E-state index contributed by atoms with van der Waals surface area (Å²) in [7, 11) is 1.55. The maximum Gasteiger partial charge on any atom is 0.472 e. The number of carbonyl (C=O) groups excluding carboxylic acids is 1. The summed E-state index contributed by atoms with van der Waals surface area (Å²) in [6.45, 7) is 4.81. The Kier molecular flexibility index (Phi) is 45.9. The van der Waals surface area contributed by atoms with E-state index in [0.717, 1.165) is 44.9 Å². The first-order valence-electron chi connectivity index (χ1n) is 27.4. The van der Waals surface area contributed by atoms with Crippen LogP contribution in [0.15, 0.2) is 36.5 Å². The monoisotopic (exact) mass is 924 g/mol. The molecule has 0 rings (SSSR count). The van der Waals surface area contributed by atoms with Gasteiger partial charge in [0.25, 0.3) is 0 Å². The highest BCUT2D eigenvalue weighted by atomic mass is 31.2. The quantitative estimate of drug-likeness (QED) is 0.0243. The maximum absolute atomic E-state index is 12.9. The van der Waals surface area contributed by atoms with Crippen LogP contribution in [-0.4, -0.2) is 73.4 Å². The number of carbonyl (C=O) groups is 1. The number of phosphoric ester groups is 1. The summed E-state index contributed by atoms with van der Waals surface area (Å²) >= 11 is 0. The number of allylic oxidation sites excluding steroid dienone is 5. The fourth-order valence-electron chi connectivity index (χ4n) is 8.02. The number of nitrogens with one attached hydrogen (secondary N) is 1. The smallest absolute Gasteiger partial charge is 0.387 e. The highest BCUT2D eigenvalue weighted by Gasteiger charge is 2.27. The Morgan fingerprint density at radius 2 is 0.859 bits per heavy atom. The van der Waals surface area contributed by atoms with Gasteiger partial charge in [0.1, 0.15) is 13.2 Å². The zero-order chi connectivity index (χ0) is 47.1. The molecule has 8 nitrogen and oxygen atoms in total. The van der Waals surface area contributed by atoms with E-state index in [9.17, 15) is 19.4 Å². The van der Waals surface area contributed by atoms with E-state index >= 15 is 0 Å². The normalized spacial score (nSPS) is 14.3. The molecular formula is C55H108N2O6P+. The standard InChI is InChI=1S/C55H107N2O6P/c1-6-8-10-12-14-16-18-20-22-24-25-26-27-28-29-30-31-32-33-34-36-38-40-42-44-46-48-54(58)53(52-63-64(60,61)62-51-50-57(3,4)5)56-55(59)49-47-45-43-41-39-37-35-23-21-19-17-15-13-11-9-7-2/h32-33,38,40,46,48,53-54,58H,6-31,34-37,39,41-45,47,49-52H2,1-5H3,(H-,56,59,60,61)/p+1/b33-32+,40-38+,48-46+. The van der Waals surface area contributed by atoms with E-state index in [2.05, 4.69) is 43.5 Å². The minimum Gasteiger partial charge on any atom is -0.387 e. The van der Waals surface area contributed by atoms with E-state index in [-0.39, 0.29) is 19.1 Å². The summed E-state index contributed by atoms with van der Waals surface area (Å²) in [5.41, 5.74) is 0. The topological polar surface area (TPSA) is 105 Å². The number of aliphatic hydroxyl groups excluding tert-OH is 1. The number of nitrogens with zero attached hydrogens (tertiary/aromatic N) is 1. The number of phosphoric acid groups is 1. The predicted octanol–water partition coefficient (Wildman–Crippen LogP) is 16.2. The molecular weight excluding hydrogens is 816 g/mol. The molecule has 0 spiro atoms. The van der Waals surface area contributed by atoms with Crippen molar-refractivity contribution in [2.24, 2.45) is 0 Å². The Hall–Kier alpha value is -1.28. The number of amides is 1. The highest BCUT2D eigenvalue weighted by Crippen LogP contribution is 2.43. The van der Waals surface area contributed by atoms with Gasteiger partial charge in [-0.1, -0.05) is 243 Å². The lowest BCUT2D eigenvalue weighted by molar-refractivity contribution is -0.870. The summed E-state index contributed by atoms with van der Waals surface area (Å²) in [4.78, 5) is 23.2. The first-order valence-corrected chi connectivity index (χ1v) is 28.9. The first kappa shape index (κ1) is 62.7. The molecule has 9 heteroatoms. The number of likely N-dealkylation sites (N-methyl/N-ethyl adjacent to an activating group) is 1. The molecule has 0 aliphatic heterocycles. The molecule has 0 aromatic carbocycles. The number of rotatable bonds is 50. The van der Waals surface area contributed by atoms with Crippen molar-refractivity contribution in [1.29, 1.82) is 0 Å². The van der Waals surface area contributed by atoms with Gasteiger partial charge < -0.3 is 19.8 Å². The fraction of sp³-hybridized carbons (Fsp3) is 0.873. The lowest BCUT2D eigenvalue weighted by atomic mass is 10.0. The number of hydrogen-bond donors (Lipinski definition) is 3. The zero-order valence-electron chi connectivity index (χ0n) is 43.0. The van der Waals surface area contributed by atoms with Gasteiger partial charge in [0, 0.05) is 6.42 Å². The molecule has 64 heavy (non-hydrogen) atoms. The van der Waals surface area contributed by atoms with E-state index in [4.69, 9.17) is 9.05 Å². The van der Waals surface area contributed by atoms with Crippen LogP contribution in [0.5, 0.6) is 0 Å². The van der Waals surface area contributed by atoms with Crippen LogP contribution in [0.3, 0.4) is 0 Å². The van der Waals surface area contributed by atoms with Crippen LogP contribution in [-0.2, 0) is 18.4 Å². The van der Waals surface area contributed by atoms with Gasteiger partial charge >= 0.3 is 7.82 Å². The Morgan fingerprint density at radius 1 is 0.516 bits per heavy atom. The van der Waals surface area contributed by atoms with E-state index < -0.39 is 20.0 Å². The molecule has 0 aromatic rings. The zero-order valence-corrected chi connectivity index (χ0v) is 43.9. The predicted molar refractivity (Wildman–Crippen MR) is 277 cm³/mol. The summed E-state index contributed by atoms with van der Waals surface area (Å²) in [6, 6.07) is -0.867. The van der Waals surface area contributed by atoms with Gasteiger partial charge in [-0.15, -0.1) is 0 Å². The molecule has 3 unspecified atom stereocenters. The molecule has 0 saturated carbocycles. The highest BCUT2D eigenvalue weighted by molar-refractivity contribution is 7.47. The van der Waals surface area contributed by atoms with Crippen molar-refractivity contribution in [3.63, 3.8) is 0 Å². The molecule has 0 heterocycles. The average Bonchev–Trinajstić information content (AvgIpc) is 3.25. The molecule has 3 atom stereocenters. The van der Waals surface area contributed by atoms with Gasteiger partial charge in [-0.3, -0.25) is 13.8 Å². The number of unbranched alkanes of at least 4 members (excludes halogenated alkanes) is 33. The first-order chi connectivity index (χ1) is 31.0. The summed E-state index contributed by atoms with van der Waals surface area (Å²) in [5, 5.41) is 13.9. The van der Waals surface area contributed by atoms with Gasteiger partial charge in [-0.05, 0) is 44.9 Å². The van der Waals surface area contributed by atoms with E-state index in [0.29, 0.717) is 17.4 Å². The number of quaternary nitrogens is 1. The van der Waals surface area contributed by atoms with Gasteiger partial charge in [-0.2, -0.15) is 0 Å². The number of aliphatic hydroxyl groups is 1. The van der Waals surface area contributed by atoms with Crippen molar-refractivity contribution in [2.45, 2.75) is 270 Å². The largest absolute Gasteiger partial charge is 0.472 e. The van der Waals surface area contributed by atoms with Crippen LogP contribution >= 0.6 is 7.82 Å². The van der Waals surface area contributed by atoms with Crippen LogP contribution in [0.1, 0.15) is 258 Å². The lowest BCUT2D eigenvalue weighted by Gasteiger charge is -2.25. The Balaban J connectivity index is 4.29. The van der Waals surface area contributed by atoms with Gasteiger partial charge in [0.05, 0.1) is 39.9 Å². The Morgan fingerprint density at radius 3 is 1.25 bits per heavy atom. The third-order valence-corrected chi connectivity index (χ3v) is 13.3. The SMILES string of the molecule is CCCCCCCCCCCCCCCCCC/C=C/CC/C=C/CC/C=C/C(O)C(COP(=O)(O)OCC[N+](C)(C)C)NC(=O)CCCCCCCCCCCCCCCCCC. The minimum atomic E-state index is -4.35. The molecule has 0 bridgehead atoms. The molecule has 378 valence electrons. The summed E-state index contributed by atoms with van der Waals surface area (Å²) in [6.07, 6.45) is 59.6. The van der Waals surface area contributed by atoms with Crippen molar-refractivity contribution < 1.29 is 32.9 Å². The Bertz CT molecular complexity index is 1140. The van der Waals surface area contributed by atoms with Gasteiger partial charge in [0.15, 0.2) is 0 Å². The van der Waals surface area contributed by atoms with E-state index in [1.54, 1.807) is 6.08 Å². The second kappa shape index (κ2) is 46.8. The third kappa shape index (κ3) is 48.6. The lowest BCUT2D eigenvalue weighted by Crippen LogP contribution is -2.45. The Labute approximate surface area is 397 Å². The fourth-order valence-corrected chi connectivity index (χ4v) is 8.75. The third-order valence-electron chi connectivity index (χ3n) is 12.3. The van der Waals surface area contributed by atoms with Crippen LogP contribution in [0.4, 0.5) is 0 Å². The van der Waals surface area contributed by atoms with Crippen LogP contribution in [0, 0.1) is 0 Å². The molecule has 0 saturated heterocycles. The van der Waals surface area contributed by atoms with Gasteiger partial charge in [-0.25, -0.2) is 4.57 Å². The van der Waals surface area contributed by atoms with Crippen LogP contribution < -0.4 is 5.32 Å². The van der Waals surface area contributed by atoms with Gasteiger partial charge in [0.2, 0.25) is 5.91 Å². The van der Waals surface area contributed by atoms with Crippen LogP contribution in [0.2, 0.25) is 0 Å². The molecule has 0 aliphatic carbocycles. The van der Waals surface area contributed by atoms with E-state index in [1.807, 2.05) is 27.2 Å². The van der Waals surface area contributed by atoms with Crippen molar-refractivity contribution >= 4 is 13.7 Å².